The summed E-state index contributed by atoms with van der Waals surface area (Å²) in [6, 6.07) is 8.51. The van der Waals surface area contributed by atoms with Crippen molar-refractivity contribution in [2.75, 3.05) is 14.1 Å². The molecule has 0 saturated carbocycles. The van der Waals surface area contributed by atoms with Crippen LogP contribution in [-0.2, 0) is 0 Å². The van der Waals surface area contributed by atoms with Gasteiger partial charge in [0, 0.05) is 25.9 Å². The molecule has 106 valence electrons. The van der Waals surface area contributed by atoms with Gasteiger partial charge in [-0.05, 0) is 37.5 Å². The summed E-state index contributed by atoms with van der Waals surface area (Å²) in [6.45, 7) is 10.5. The molecule has 1 heteroatoms. The summed E-state index contributed by atoms with van der Waals surface area (Å²) in [5.41, 5.74) is 5.86. The van der Waals surface area contributed by atoms with Crippen molar-refractivity contribution in [3.8, 4) is 0 Å². The van der Waals surface area contributed by atoms with Crippen LogP contribution in [0.25, 0.3) is 5.57 Å². The van der Waals surface area contributed by atoms with Crippen LogP contribution in [0.5, 0.6) is 0 Å². The van der Waals surface area contributed by atoms with Crippen molar-refractivity contribution in [3.05, 3.63) is 77.5 Å². The molecule has 0 bridgehead atoms. The monoisotopic (exact) mass is 267 g/mol. The average molecular weight is 267 g/mol. The van der Waals surface area contributed by atoms with Gasteiger partial charge in [0.25, 0.3) is 0 Å². The van der Waals surface area contributed by atoms with E-state index in [4.69, 9.17) is 0 Å². The first-order valence-corrected chi connectivity index (χ1v) is 6.90. The summed E-state index contributed by atoms with van der Waals surface area (Å²) in [5.74, 6) is 0. The lowest BCUT2D eigenvalue weighted by Gasteiger charge is -2.15. The fourth-order valence-corrected chi connectivity index (χ4v) is 1.92. The Kier molecular flexibility index (Phi) is 6.05. The topological polar surface area (TPSA) is 3.24 Å². The van der Waals surface area contributed by atoms with Gasteiger partial charge in [0.2, 0.25) is 0 Å². The second-order valence-electron chi connectivity index (χ2n) is 5.23. The Labute approximate surface area is 123 Å². The predicted molar refractivity (Wildman–Crippen MR) is 90.6 cm³/mol. The van der Waals surface area contributed by atoms with Gasteiger partial charge in [-0.3, -0.25) is 0 Å². The Morgan fingerprint density at radius 3 is 2.25 bits per heavy atom. The van der Waals surface area contributed by atoms with Crippen LogP contribution in [0, 0.1) is 6.92 Å². The summed E-state index contributed by atoms with van der Waals surface area (Å²) >= 11 is 0. The third kappa shape index (κ3) is 4.58. The minimum absolute atomic E-state index is 1.05. The molecule has 1 aromatic carbocycles. The maximum Gasteiger partial charge on any atom is 0.00674 e. The number of allylic oxidation sites excluding steroid dienone is 6. The molecule has 0 aliphatic carbocycles. The Morgan fingerprint density at radius 2 is 1.75 bits per heavy atom. The largest absolute Gasteiger partial charge is 0.383 e. The van der Waals surface area contributed by atoms with E-state index in [9.17, 15) is 0 Å². The highest BCUT2D eigenvalue weighted by Crippen LogP contribution is 2.27. The second kappa shape index (κ2) is 7.54. The summed E-state index contributed by atoms with van der Waals surface area (Å²) in [6.07, 6.45) is 8.33. The molecule has 0 amide bonds. The van der Waals surface area contributed by atoms with Gasteiger partial charge in [-0.15, -0.1) is 0 Å². The van der Waals surface area contributed by atoms with Crippen LogP contribution in [0.3, 0.4) is 0 Å². The van der Waals surface area contributed by atoms with Crippen LogP contribution in [0.4, 0.5) is 0 Å². The van der Waals surface area contributed by atoms with Gasteiger partial charge < -0.3 is 4.90 Å². The van der Waals surface area contributed by atoms with Gasteiger partial charge in [0.1, 0.15) is 0 Å². The Morgan fingerprint density at radius 1 is 1.15 bits per heavy atom. The first-order chi connectivity index (χ1) is 9.45. The van der Waals surface area contributed by atoms with E-state index >= 15 is 0 Å². The molecule has 0 spiro atoms. The normalized spacial score (nSPS) is 12.8. The fourth-order valence-electron chi connectivity index (χ4n) is 1.92. The van der Waals surface area contributed by atoms with Crippen molar-refractivity contribution in [1.82, 2.24) is 4.90 Å². The summed E-state index contributed by atoms with van der Waals surface area (Å²) in [7, 11) is 4.07. The Bertz CT molecular complexity index is 540. The third-order valence-corrected chi connectivity index (χ3v) is 3.08. The molecule has 20 heavy (non-hydrogen) atoms. The van der Waals surface area contributed by atoms with E-state index in [2.05, 4.69) is 67.9 Å². The van der Waals surface area contributed by atoms with E-state index in [0.29, 0.717) is 0 Å². The van der Waals surface area contributed by atoms with Crippen molar-refractivity contribution in [2.24, 2.45) is 0 Å². The maximum atomic E-state index is 4.28. The van der Waals surface area contributed by atoms with Crippen LogP contribution in [0.2, 0.25) is 0 Å². The smallest absolute Gasteiger partial charge is 0.00674 e. The van der Waals surface area contributed by atoms with Crippen LogP contribution in [0.1, 0.15) is 25.0 Å². The first-order valence-electron chi connectivity index (χ1n) is 6.90. The van der Waals surface area contributed by atoms with E-state index in [1.54, 1.807) is 0 Å². The minimum Gasteiger partial charge on any atom is -0.383 e. The molecule has 1 nitrogen and oxygen atoms in total. The molecule has 0 fully saturated rings. The van der Waals surface area contributed by atoms with E-state index in [0.717, 1.165) is 16.7 Å². The number of nitrogens with zero attached hydrogens (tertiary/aromatic N) is 1. The van der Waals surface area contributed by atoms with Crippen molar-refractivity contribution >= 4 is 5.57 Å². The molecule has 0 saturated heterocycles. The van der Waals surface area contributed by atoms with Gasteiger partial charge in [-0.1, -0.05) is 54.6 Å². The standard InChI is InChI=1S/C19H25N/c1-7-8-9-16(3)19(14-20(5)6)17(4)18-12-10-15(2)11-13-18/h7-14H,4H2,1-3,5-6H3/b8-7-,16-9+,19-14-. The SMILES string of the molecule is C=C(C(=C\N(C)C)/C(C)=C/C=C\C)c1ccc(C)cc1. The van der Waals surface area contributed by atoms with Crippen LogP contribution in [0.15, 0.2) is 66.4 Å². The van der Waals surface area contributed by atoms with Crippen molar-refractivity contribution in [2.45, 2.75) is 20.8 Å². The molecule has 0 aliphatic heterocycles. The molecule has 0 radical (unpaired) electrons. The lowest BCUT2D eigenvalue weighted by Crippen LogP contribution is -2.04. The minimum atomic E-state index is 1.05. The molecule has 0 aliphatic rings. The van der Waals surface area contributed by atoms with Crippen LogP contribution in [-0.4, -0.2) is 19.0 Å². The fraction of sp³-hybridized carbons (Fsp3) is 0.263. The zero-order chi connectivity index (χ0) is 15.1. The lowest BCUT2D eigenvalue weighted by molar-refractivity contribution is 0.561. The Balaban J connectivity index is 3.18. The zero-order valence-corrected chi connectivity index (χ0v) is 13.3. The van der Waals surface area contributed by atoms with Crippen LogP contribution >= 0.6 is 0 Å². The molecule has 0 N–H and O–H groups in total. The lowest BCUT2D eigenvalue weighted by atomic mass is 9.94. The molecular weight excluding hydrogens is 242 g/mol. The van der Waals surface area contributed by atoms with Crippen molar-refractivity contribution < 1.29 is 0 Å². The highest BCUT2D eigenvalue weighted by Gasteiger charge is 2.08. The number of aryl methyl sites for hydroxylation is 1. The predicted octanol–water partition coefficient (Wildman–Crippen LogP) is 4.98. The van der Waals surface area contributed by atoms with Gasteiger partial charge >= 0.3 is 0 Å². The number of hydrogen-bond acceptors (Lipinski definition) is 1. The maximum absolute atomic E-state index is 4.28. The number of rotatable bonds is 5. The van der Waals surface area contributed by atoms with Crippen molar-refractivity contribution in [3.63, 3.8) is 0 Å². The van der Waals surface area contributed by atoms with E-state index in [-0.39, 0.29) is 0 Å². The molecule has 0 aromatic heterocycles. The van der Waals surface area contributed by atoms with Crippen molar-refractivity contribution in [1.29, 1.82) is 0 Å². The number of hydrogen-bond donors (Lipinski definition) is 0. The van der Waals surface area contributed by atoms with E-state index in [1.807, 2.05) is 27.1 Å². The molecule has 1 rings (SSSR count). The highest BCUT2D eigenvalue weighted by atomic mass is 15.0. The van der Waals surface area contributed by atoms with Gasteiger partial charge in [0.05, 0.1) is 0 Å². The second-order valence-corrected chi connectivity index (χ2v) is 5.23. The summed E-state index contributed by atoms with van der Waals surface area (Å²) in [4.78, 5) is 2.06. The first kappa shape index (κ1) is 16.0. The molecular formula is C19H25N. The summed E-state index contributed by atoms with van der Waals surface area (Å²) < 4.78 is 0. The Hall–Kier alpha value is -2.02. The molecule has 0 heterocycles. The van der Waals surface area contributed by atoms with E-state index in [1.165, 1.54) is 11.1 Å². The molecule has 0 unspecified atom stereocenters. The average Bonchev–Trinajstić information content (AvgIpc) is 2.42. The van der Waals surface area contributed by atoms with E-state index < -0.39 is 0 Å². The highest BCUT2D eigenvalue weighted by molar-refractivity contribution is 5.81. The van der Waals surface area contributed by atoms with Gasteiger partial charge in [-0.25, -0.2) is 0 Å². The molecule has 1 aromatic rings. The third-order valence-electron chi connectivity index (χ3n) is 3.08. The zero-order valence-electron chi connectivity index (χ0n) is 13.3. The van der Waals surface area contributed by atoms with Gasteiger partial charge in [-0.2, -0.15) is 0 Å². The number of benzene rings is 1. The molecule has 0 atom stereocenters. The van der Waals surface area contributed by atoms with Crippen LogP contribution < -0.4 is 0 Å². The summed E-state index contributed by atoms with van der Waals surface area (Å²) in [5, 5.41) is 0. The quantitative estimate of drug-likeness (QED) is 0.680. The van der Waals surface area contributed by atoms with Gasteiger partial charge in [0.15, 0.2) is 0 Å².